The van der Waals surface area contributed by atoms with Gasteiger partial charge in [-0.1, -0.05) is 6.08 Å². The van der Waals surface area contributed by atoms with Crippen molar-refractivity contribution in [3.8, 4) is 0 Å². The Morgan fingerprint density at radius 3 is 2.57 bits per heavy atom. The Bertz CT molecular complexity index is 611. The Morgan fingerprint density at radius 1 is 1.14 bits per heavy atom. The van der Waals surface area contributed by atoms with Gasteiger partial charge in [-0.25, -0.2) is 0 Å². The maximum Gasteiger partial charge on any atom is 0.185 e. The van der Waals surface area contributed by atoms with Crippen molar-refractivity contribution in [3.05, 3.63) is 58.3 Å². The Labute approximate surface area is 128 Å². The van der Waals surface area contributed by atoms with Crippen LogP contribution in [0.5, 0.6) is 0 Å². The molecule has 2 heterocycles. The summed E-state index contributed by atoms with van der Waals surface area (Å²) in [5.41, 5.74) is 2.94. The molecule has 21 heavy (non-hydrogen) atoms. The molecule has 2 aromatic rings. The van der Waals surface area contributed by atoms with Crippen LogP contribution in [0, 0.1) is 0 Å². The van der Waals surface area contributed by atoms with Gasteiger partial charge >= 0.3 is 0 Å². The number of carbonyl (C=O) groups is 1. The van der Waals surface area contributed by atoms with Crippen molar-refractivity contribution in [3.63, 3.8) is 0 Å². The predicted octanol–water partition coefficient (Wildman–Crippen LogP) is 3.48. The van der Waals surface area contributed by atoms with Gasteiger partial charge in [-0.05, 0) is 52.7 Å². The number of hydrogen-bond donors (Lipinski definition) is 0. The molecular formula is C17H17NO2S. The predicted molar refractivity (Wildman–Crippen MR) is 87.2 cm³/mol. The number of hydrogen-bond acceptors (Lipinski definition) is 4. The van der Waals surface area contributed by atoms with Crippen LogP contribution in [0.4, 0.5) is 5.69 Å². The molecule has 4 heteroatoms. The van der Waals surface area contributed by atoms with Gasteiger partial charge in [-0.15, -0.1) is 0 Å². The maximum absolute atomic E-state index is 12.1. The van der Waals surface area contributed by atoms with Gasteiger partial charge in [0, 0.05) is 24.3 Å². The minimum atomic E-state index is 0.0368. The average Bonchev–Trinajstić information content (AvgIpc) is 3.07. The highest BCUT2D eigenvalue weighted by atomic mass is 32.1. The van der Waals surface area contributed by atoms with Gasteiger partial charge in [0.15, 0.2) is 5.78 Å². The SMILES string of the molecule is O=C(/C=C/c1ccsc1)c1ccc(N2CCOCC2)cc1. The van der Waals surface area contributed by atoms with Crippen molar-refractivity contribution < 1.29 is 9.53 Å². The molecule has 1 fully saturated rings. The molecule has 0 radical (unpaired) electrons. The number of anilines is 1. The van der Waals surface area contributed by atoms with Gasteiger partial charge < -0.3 is 9.64 Å². The van der Waals surface area contributed by atoms with Gasteiger partial charge in [-0.3, -0.25) is 4.79 Å². The van der Waals surface area contributed by atoms with E-state index in [0.29, 0.717) is 0 Å². The summed E-state index contributed by atoms with van der Waals surface area (Å²) in [5.74, 6) is 0.0368. The molecule has 1 aliphatic rings. The first kappa shape index (κ1) is 14.0. The number of ketones is 1. The molecule has 1 aliphatic heterocycles. The van der Waals surface area contributed by atoms with Crippen LogP contribution in [0.1, 0.15) is 15.9 Å². The zero-order chi connectivity index (χ0) is 14.5. The molecule has 3 rings (SSSR count). The molecule has 0 aliphatic carbocycles. The van der Waals surface area contributed by atoms with E-state index in [9.17, 15) is 4.79 Å². The lowest BCUT2D eigenvalue weighted by Gasteiger charge is -2.28. The van der Waals surface area contributed by atoms with Crippen LogP contribution in [0.2, 0.25) is 0 Å². The fourth-order valence-electron chi connectivity index (χ4n) is 2.30. The number of rotatable bonds is 4. The topological polar surface area (TPSA) is 29.5 Å². The molecule has 0 atom stereocenters. The Morgan fingerprint density at radius 2 is 1.90 bits per heavy atom. The molecule has 108 valence electrons. The molecular weight excluding hydrogens is 282 g/mol. The summed E-state index contributed by atoms with van der Waals surface area (Å²) in [7, 11) is 0. The smallest absolute Gasteiger partial charge is 0.185 e. The van der Waals surface area contributed by atoms with E-state index in [1.54, 1.807) is 17.4 Å². The summed E-state index contributed by atoms with van der Waals surface area (Å²) in [5, 5.41) is 4.02. The van der Waals surface area contributed by atoms with E-state index in [1.165, 1.54) is 0 Å². The molecule has 1 saturated heterocycles. The summed E-state index contributed by atoms with van der Waals surface area (Å²) in [6, 6.07) is 9.81. The molecule has 0 amide bonds. The summed E-state index contributed by atoms with van der Waals surface area (Å²) in [6.07, 6.45) is 3.49. The zero-order valence-corrected chi connectivity index (χ0v) is 12.5. The van der Waals surface area contributed by atoms with E-state index in [4.69, 9.17) is 4.74 Å². The molecule has 0 spiro atoms. The average molecular weight is 299 g/mol. The fraction of sp³-hybridized carbons (Fsp3) is 0.235. The van der Waals surface area contributed by atoms with Gasteiger partial charge in [-0.2, -0.15) is 11.3 Å². The van der Waals surface area contributed by atoms with Crippen LogP contribution in [-0.2, 0) is 4.74 Å². The second-order valence-electron chi connectivity index (χ2n) is 4.90. The van der Waals surface area contributed by atoms with Crippen molar-refractivity contribution in [1.29, 1.82) is 0 Å². The number of morpholine rings is 1. The second kappa shape index (κ2) is 6.70. The van der Waals surface area contributed by atoms with Crippen LogP contribution >= 0.6 is 11.3 Å². The van der Waals surface area contributed by atoms with E-state index < -0.39 is 0 Å². The molecule has 0 bridgehead atoms. The number of carbonyl (C=O) groups excluding carboxylic acids is 1. The minimum Gasteiger partial charge on any atom is -0.378 e. The highest BCUT2D eigenvalue weighted by Gasteiger charge is 2.11. The van der Waals surface area contributed by atoms with Gasteiger partial charge in [0.2, 0.25) is 0 Å². The van der Waals surface area contributed by atoms with Crippen LogP contribution < -0.4 is 4.90 Å². The quantitative estimate of drug-likeness (QED) is 0.639. The highest BCUT2D eigenvalue weighted by molar-refractivity contribution is 7.08. The van der Waals surface area contributed by atoms with Gasteiger partial charge in [0.25, 0.3) is 0 Å². The molecule has 3 nitrogen and oxygen atoms in total. The van der Waals surface area contributed by atoms with Crippen molar-refractivity contribution >= 4 is 28.9 Å². The normalized spacial score (nSPS) is 15.5. The largest absolute Gasteiger partial charge is 0.378 e. The van der Waals surface area contributed by atoms with Gasteiger partial charge in [0.05, 0.1) is 13.2 Å². The second-order valence-corrected chi connectivity index (χ2v) is 5.68. The molecule has 0 unspecified atom stereocenters. The first-order valence-electron chi connectivity index (χ1n) is 7.00. The number of benzene rings is 1. The lowest BCUT2D eigenvalue weighted by atomic mass is 10.1. The highest BCUT2D eigenvalue weighted by Crippen LogP contribution is 2.17. The first-order valence-corrected chi connectivity index (χ1v) is 7.94. The number of allylic oxidation sites excluding steroid dienone is 1. The van der Waals surface area contributed by atoms with Crippen molar-refractivity contribution in [2.24, 2.45) is 0 Å². The van der Waals surface area contributed by atoms with Crippen LogP contribution in [0.25, 0.3) is 6.08 Å². The minimum absolute atomic E-state index is 0.0368. The van der Waals surface area contributed by atoms with Crippen molar-refractivity contribution in [2.75, 3.05) is 31.2 Å². The van der Waals surface area contributed by atoms with E-state index in [1.807, 2.05) is 47.2 Å². The molecule has 1 aromatic carbocycles. The maximum atomic E-state index is 12.1. The summed E-state index contributed by atoms with van der Waals surface area (Å²) in [4.78, 5) is 14.4. The summed E-state index contributed by atoms with van der Waals surface area (Å²) >= 11 is 1.63. The molecule has 0 N–H and O–H groups in total. The fourth-order valence-corrected chi connectivity index (χ4v) is 2.92. The van der Waals surface area contributed by atoms with E-state index in [2.05, 4.69) is 4.90 Å². The lowest BCUT2D eigenvalue weighted by molar-refractivity contribution is 0.104. The van der Waals surface area contributed by atoms with Crippen LogP contribution in [0.15, 0.2) is 47.2 Å². The lowest BCUT2D eigenvalue weighted by Crippen LogP contribution is -2.36. The standard InChI is InChI=1S/C17H17NO2S/c19-17(6-1-14-7-12-21-13-14)15-2-4-16(5-3-15)18-8-10-20-11-9-18/h1-7,12-13H,8-11H2/b6-1+. The molecule has 1 aromatic heterocycles. The Kier molecular flexibility index (Phi) is 4.48. The van der Waals surface area contributed by atoms with Crippen molar-refractivity contribution in [2.45, 2.75) is 0 Å². The number of ether oxygens (including phenoxy) is 1. The van der Waals surface area contributed by atoms with E-state index >= 15 is 0 Å². The van der Waals surface area contributed by atoms with Crippen molar-refractivity contribution in [1.82, 2.24) is 0 Å². The third kappa shape index (κ3) is 3.60. The third-order valence-corrected chi connectivity index (χ3v) is 4.20. The third-order valence-electron chi connectivity index (χ3n) is 3.50. The summed E-state index contributed by atoms with van der Waals surface area (Å²) < 4.78 is 5.35. The summed E-state index contributed by atoms with van der Waals surface area (Å²) in [6.45, 7) is 3.35. The zero-order valence-electron chi connectivity index (χ0n) is 11.7. The monoisotopic (exact) mass is 299 g/mol. The number of thiophene rings is 1. The van der Waals surface area contributed by atoms with E-state index in [0.717, 1.165) is 43.1 Å². The van der Waals surface area contributed by atoms with Crippen LogP contribution in [-0.4, -0.2) is 32.1 Å². The molecule has 0 saturated carbocycles. The van der Waals surface area contributed by atoms with E-state index in [-0.39, 0.29) is 5.78 Å². The van der Waals surface area contributed by atoms with Crippen LogP contribution in [0.3, 0.4) is 0 Å². The Hall–Kier alpha value is -1.91. The first-order chi connectivity index (χ1) is 10.3. The van der Waals surface area contributed by atoms with Gasteiger partial charge in [0.1, 0.15) is 0 Å². The Balaban J connectivity index is 1.67. The number of nitrogens with zero attached hydrogens (tertiary/aromatic N) is 1.